The summed E-state index contributed by atoms with van der Waals surface area (Å²) in [4.78, 5) is 0. The van der Waals surface area contributed by atoms with Crippen molar-refractivity contribution in [1.82, 2.24) is 5.32 Å². The molecule has 0 aliphatic carbocycles. The van der Waals surface area contributed by atoms with Gasteiger partial charge in [0.15, 0.2) is 0 Å². The molecule has 0 spiro atoms. The molecule has 0 saturated carbocycles. The number of rotatable bonds is 7. The van der Waals surface area contributed by atoms with E-state index in [1.807, 2.05) is 37.3 Å². The molecule has 0 heterocycles. The molecule has 1 rings (SSSR count). The van der Waals surface area contributed by atoms with E-state index in [-0.39, 0.29) is 11.9 Å². The number of nitrogens with one attached hydrogen (secondary N) is 1. The Morgan fingerprint density at radius 2 is 2.18 bits per heavy atom. The lowest BCUT2D eigenvalue weighted by atomic mass is 10.2. The highest BCUT2D eigenvalue weighted by Gasteiger charge is 2.03. The first-order valence-electron chi connectivity index (χ1n) is 5.60. The predicted molar refractivity (Wildman–Crippen MR) is 67.4 cm³/mol. The summed E-state index contributed by atoms with van der Waals surface area (Å²) in [6, 6.07) is 9.81. The van der Waals surface area contributed by atoms with Crippen molar-refractivity contribution >= 4 is 5.84 Å². The number of ether oxygens (including phenoxy) is 1. The van der Waals surface area contributed by atoms with Crippen LogP contribution in [-0.2, 0) is 0 Å². The summed E-state index contributed by atoms with van der Waals surface area (Å²) in [5.41, 5.74) is 5.40. The lowest BCUT2D eigenvalue weighted by molar-refractivity contribution is 0.304. The molecule has 0 radical (unpaired) electrons. The number of benzene rings is 1. The Bertz CT molecular complexity index is 341. The van der Waals surface area contributed by atoms with Crippen LogP contribution in [0.4, 0.5) is 0 Å². The van der Waals surface area contributed by atoms with Gasteiger partial charge in [0.25, 0.3) is 0 Å². The molecule has 4 N–H and O–H groups in total. The van der Waals surface area contributed by atoms with Gasteiger partial charge in [-0.1, -0.05) is 23.4 Å². The highest BCUT2D eigenvalue weighted by Crippen LogP contribution is 2.07. The van der Waals surface area contributed by atoms with Crippen LogP contribution in [0.5, 0.6) is 5.75 Å². The van der Waals surface area contributed by atoms with Crippen LogP contribution in [0.3, 0.4) is 0 Å². The summed E-state index contributed by atoms with van der Waals surface area (Å²) in [6.45, 7) is 3.28. The van der Waals surface area contributed by atoms with Crippen LogP contribution >= 0.6 is 0 Å². The zero-order valence-corrected chi connectivity index (χ0v) is 9.97. The summed E-state index contributed by atoms with van der Waals surface area (Å²) < 4.78 is 5.51. The first kappa shape index (κ1) is 13.3. The number of nitrogens with zero attached hydrogens (tertiary/aromatic N) is 1. The van der Waals surface area contributed by atoms with Gasteiger partial charge in [-0.15, -0.1) is 0 Å². The van der Waals surface area contributed by atoms with Gasteiger partial charge in [0.05, 0.1) is 0 Å². The highest BCUT2D eigenvalue weighted by atomic mass is 16.5. The second-order valence-electron chi connectivity index (χ2n) is 3.81. The third kappa shape index (κ3) is 5.77. The fourth-order valence-electron chi connectivity index (χ4n) is 1.42. The monoisotopic (exact) mass is 237 g/mol. The molecule has 1 unspecified atom stereocenters. The summed E-state index contributed by atoms with van der Waals surface area (Å²) in [7, 11) is 0. The Hall–Kier alpha value is -1.75. The van der Waals surface area contributed by atoms with Gasteiger partial charge in [-0.2, -0.15) is 0 Å². The Morgan fingerprint density at radius 3 is 2.82 bits per heavy atom. The molecule has 5 heteroatoms. The van der Waals surface area contributed by atoms with Gasteiger partial charge in [-0.25, -0.2) is 0 Å². The second-order valence-corrected chi connectivity index (χ2v) is 3.81. The Kier molecular flexibility index (Phi) is 5.88. The minimum Gasteiger partial charge on any atom is -0.492 e. The van der Waals surface area contributed by atoms with Crippen molar-refractivity contribution in [3.8, 4) is 5.75 Å². The minimum absolute atomic E-state index is 0.158. The van der Waals surface area contributed by atoms with Crippen LogP contribution in [0.25, 0.3) is 0 Å². The van der Waals surface area contributed by atoms with E-state index in [9.17, 15) is 0 Å². The number of para-hydroxylation sites is 1. The van der Waals surface area contributed by atoms with Crippen molar-refractivity contribution in [1.29, 1.82) is 0 Å². The lowest BCUT2D eigenvalue weighted by Crippen LogP contribution is -2.33. The molecule has 0 amide bonds. The van der Waals surface area contributed by atoms with Crippen LogP contribution in [-0.4, -0.2) is 30.2 Å². The number of hydrogen-bond acceptors (Lipinski definition) is 4. The molecule has 5 nitrogen and oxygen atoms in total. The summed E-state index contributed by atoms with van der Waals surface area (Å²) in [6.07, 6.45) is 0.516. The number of amidine groups is 1. The highest BCUT2D eigenvalue weighted by molar-refractivity contribution is 5.80. The lowest BCUT2D eigenvalue weighted by Gasteiger charge is -2.13. The quantitative estimate of drug-likeness (QED) is 0.219. The van der Waals surface area contributed by atoms with Crippen LogP contribution in [0.1, 0.15) is 13.3 Å². The molecule has 0 aliphatic rings. The van der Waals surface area contributed by atoms with E-state index in [4.69, 9.17) is 15.7 Å². The molecule has 1 atom stereocenters. The Balaban J connectivity index is 2.12. The van der Waals surface area contributed by atoms with Crippen molar-refractivity contribution in [2.45, 2.75) is 19.4 Å². The second kappa shape index (κ2) is 7.51. The molecule has 17 heavy (non-hydrogen) atoms. The normalized spacial score (nSPS) is 13.4. The predicted octanol–water partition coefficient (Wildman–Crippen LogP) is 1.18. The van der Waals surface area contributed by atoms with Crippen LogP contribution in [0.2, 0.25) is 0 Å². The average Bonchev–Trinajstić information content (AvgIpc) is 2.36. The third-order valence-corrected chi connectivity index (χ3v) is 2.25. The molecule has 0 aromatic heterocycles. The fourth-order valence-corrected chi connectivity index (χ4v) is 1.42. The SMILES string of the molecule is CC(C/C(N)=N/O)NCCOc1ccccc1. The smallest absolute Gasteiger partial charge is 0.140 e. The van der Waals surface area contributed by atoms with E-state index >= 15 is 0 Å². The third-order valence-electron chi connectivity index (χ3n) is 2.25. The largest absolute Gasteiger partial charge is 0.492 e. The van der Waals surface area contributed by atoms with Gasteiger partial charge in [-0.05, 0) is 19.1 Å². The first-order valence-corrected chi connectivity index (χ1v) is 5.60. The molecular weight excluding hydrogens is 218 g/mol. The van der Waals surface area contributed by atoms with Gasteiger partial charge in [-0.3, -0.25) is 0 Å². The van der Waals surface area contributed by atoms with Crippen molar-refractivity contribution in [2.75, 3.05) is 13.2 Å². The van der Waals surface area contributed by atoms with Gasteiger partial charge < -0.3 is 21.0 Å². The molecular formula is C12H19N3O2. The van der Waals surface area contributed by atoms with E-state index < -0.39 is 0 Å². The summed E-state index contributed by atoms with van der Waals surface area (Å²) in [5.74, 6) is 1.09. The maximum atomic E-state index is 8.41. The van der Waals surface area contributed by atoms with Gasteiger partial charge in [0, 0.05) is 19.0 Å². The summed E-state index contributed by atoms with van der Waals surface area (Å²) in [5, 5.41) is 14.6. The molecule has 94 valence electrons. The number of nitrogens with two attached hydrogens (primary N) is 1. The Morgan fingerprint density at radius 1 is 1.47 bits per heavy atom. The number of hydrogen-bond donors (Lipinski definition) is 3. The molecule has 0 saturated heterocycles. The topological polar surface area (TPSA) is 79.9 Å². The van der Waals surface area contributed by atoms with Crippen LogP contribution in [0.15, 0.2) is 35.5 Å². The standard InChI is InChI=1S/C12H19N3O2/c1-10(9-12(13)15-16)14-7-8-17-11-5-3-2-4-6-11/h2-6,10,14,16H,7-9H2,1H3,(H2,13,15). The van der Waals surface area contributed by atoms with Gasteiger partial charge in [0.2, 0.25) is 0 Å². The van der Waals surface area contributed by atoms with E-state index in [1.165, 1.54) is 0 Å². The van der Waals surface area contributed by atoms with E-state index in [0.717, 1.165) is 12.3 Å². The van der Waals surface area contributed by atoms with Gasteiger partial charge >= 0.3 is 0 Å². The van der Waals surface area contributed by atoms with Crippen molar-refractivity contribution in [2.24, 2.45) is 10.9 Å². The van der Waals surface area contributed by atoms with Gasteiger partial charge in [0.1, 0.15) is 18.2 Å². The fraction of sp³-hybridized carbons (Fsp3) is 0.417. The molecule has 0 aliphatic heterocycles. The van der Waals surface area contributed by atoms with Crippen LogP contribution < -0.4 is 15.8 Å². The van der Waals surface area contributed by atoms with Crippen molar-refractivity contribution in [3.63, 3.8) is 0 Å². The van der Waals surface area contributed by atoms with E-state index in [1.54, 1.807) is 0 Å². The molecule has 1 aromatic carbocycles. The first-order chi connectivity index (χ1) is 8.22. The maximum absolute atomic E-state index is 8.41. The zero-order chi connectivity index (χ0) is 12.5. The molecule has 0 bridgehead atoms. The number of oxime groups is 1. The Labute approximate surface area is 101 Å². The maximum Gasteiger partial charge on any atom is 0.140 e. The van der Waals surface area contributed by atoms with Crippen molar-refractivity contribution in [3.05, 3.63) is 30.3 Å². The summed E-state index contributed by atoms with van der Waals surface area (Å²) >= 11 is 0. The molecule has 0 fully saturated rings. The molecule has 1 aromatic rings. The van der Waals surface area contributed by atoms with Crippen molar-refractivity contribution < 1.29 is 9.94 Å². The average molecular weight is 237 g/mol. The van der Waals surface area contributed by atoms with E-state index in [0.29, 0.717) is 13.0 Å². The minimum atomic E-state index is 0.158. The van der Waals surface area contributed by atoms with E-state index in [2.05, 4.69) is 10.5 Å². The zero-order valence-electron chi connectivity index (χ0n) is 9.97. The van der Waals surface area contributed by atoms with Crippen LogP contribution in [0, 0.1) is 0 Å².